The second-order valence-corrected chi connectivity index (χ2v) is 9.95. The first-order valence-corrected chi connectivity index (χ1v) is 14.0. The maximum Gasteiger partial charge on any atom is 0.326 e. The molecule has 13 heteroatoms. The third kappa shape index (κ3) is 11.8. The number of hydrogen-bond acceptors (Lipinski definition) is 8. The van der Waals surface area contributed by atoms with E-state index in [0.29, 0.717) is 11.5 Å². The van der Waals surface area contributed by atoms with E-state index in [-0.39, 0.29) is 19.3 Å². The van der Waals surface area contributed by atoms with Gasteiger partial charge in [0.2, 0.25) is 17.7 Å². The van der Waals surface area contributed by atoms with Crippen LogP contribution in [0.2, 0.25) is 0 Å². The largest absolute Gasteiger partial charge is 0.481 e. The van der Waals surface area contributed by atoms with Crippen molar-refractivity contribution in [1.82, 2.24) is 16.0 Å². The minimum Gasteiger partial charge on any atom is -0.481 e. The van der Waals surface area contributed by atoms with Crippen LogP contribution in [0.4, 0.5) is 0 Å². The number of nitrogens with one attached hydrogen (secondary N) is 3. The van der Waals surface area contributed by atoms with Crippen LogP contribution >= 0.6 is 23.5 Å². The molecule has 4 unspecified atom stereocenters. The third-order valence-electron chi connectivity index (χ3n) is 5.12. The van der Waals surface area contributed by atoms with Crippen LogP contribution < -0.4 is 21.7 Å². The predicted molar refractivity (Wildman–Crippen MR) is 140 cm³/mol. The number of carbonyl (C=O) groups is 5. The van der Waals surface area contributed by atoms with E-state index < -0.39 is 60.2 Å². The fourth-order valence-corrected chi connectivity index (χ4v) is 4.11. The number of benzene rings is 1. The Hall–Kier alpha value is -2.77. The molecule has 0 heterocycles. The van der Waals surface area contributed by atoms with Gasteiger partial charge in [0.05, 0.1) is 12.5 Å². The summed E-state index contributed by atoms with van der Waals surface area (Å²) >= 11 is 2.89. The van der Waals surface area contributed by atoms with E-state index >= 15 is 0 Å². The topological polar surface area (TPSA) is 188 Å². The molecule has 0 spiro atoms. The first kappa shape index (κ1) is 31.3. The van der Waals surface area contributed by atoms with Crippen molar-refractivity contribution >= 4 is 53.2 Å². The molecular formula is C23H34N4O7S2. The lowest BCUT2D eigenvalue weighted by molar-refractivity contribution is -0.142. The molecule has 0 aliphatic carbocycles. The van der Waals surface area contributed by atoms with Gasteiger partial charge in [0.25, 0.3) is 0 Å². The van der Waals surface area contributed by atoms with Crippen molar-refractivity contribution in [2.75, 3.05) is 24.0 Å². The molecule has 1 aromatic rings. The summed E-state index contributed by atoms with van der Waals surface area (Å²) in [5, 5.41) is 26.0. The molecule has 4 atom stereocenters. The van der Waals surface area contributed by atoms with Gasteiger partial charge in [-0.05, 0) is 42.4 Å². The molecule has 3 amide bonds. The Morgan fingerprint density at radius 2 is 1.28 bits per heavy atom. The van der Waals surface area contributed by atoms with Gasteiger partial charge in [0, 0.05) is 6.42 Å². The van der Waals surface area contributed by atoms with E-state index in [1.54, 1.807) is 30.3 Å². The molecule has 7 N–H and O–H groups in total. The van der Waals surface area contributed by atoms with Crippen LogP contribution in [0.25, 0.3) is 0 Å². The predicted octanol–water partition coefficient (Wildman–Crippen LogP) is 0.0763. The van der Waals surface area contributed by atoms with E-state index in [4.69, 9.17) is 10.8 Å². The molecule has 200 valence electrons. The van der Waals surface area contributed by atoms with Crippen LogP contribution in [0, 0.1) is 0 Å². The summed E-state index contributed by atoms with van der Waals surface area (Å²) in [4.78, 5) is 61.0. The summed E-state index contributed by atoms with van der Waals surface area (Å²) in [6.07, 6.45) is 3.58. The van der Waals surface area contributed by atoms with Crippen LogP contribution in [0.3, 0.4) is 0 Å². The van der Waals surface area contributed by atoms with Crippen molar-refractivity contribution in [1.29, 1.82) is 0 Å². The van der Waals surface area contributed by atoms with Gasteiger partial charge in [-0.3, -0.25) is 19.2 Å². The molecular weight excluding hydrogens is 508 g/mol. The van der Waals surface area contributed by atoms with Crippen molar-refractivity contribution in [2.24, 2.45) is 5.73 Å². The van der Waals surface area contributed by atoms with E-state index in [0.717, 1.165) is 5.56 Å². The first-order valence-electron chi connectivity index (χ1n) is 11.2. The summed E-state index contributed by atoms with van der Waals surface area (Å²) in [6.45, 7) is 0. The van der Waals surface area contributed by atoms with E-state index in [2.05, 4.69) is 16.0 Å². The normalized spacial score (nSPS) is 14.1. The Labute approximate surface area is 218 Å². The summed E-state index contributed by atoms with van der Waals surface area (Å²) < 4.78 is 0. The molecule has 0 fully saturated rings. The van der Waals surface area contributed by atoms with Gasteiger partial charge >= 0.3 is 11.9 Å². The zero-order chi connectivity index (χ0) is 27.1. The molecule has 0 bridgehead atoms. The van der Waals surface area contributed by atoms with Gasteiger partial charge < -0.3 is 31.9 Å². The van der Waals surface area contributed by atoms with Gasteiger partial charge in [-0.1, -0.05) is 30.3 Å². The van der Waals surface area contributed by atoms with E-state index in [1.165, 1.54) is 23.5 Å². The SMILES string of the molecule is CSCCC(NC(=O)C(N)CC(=O)O)C(=O)NC(CCSC)C(=O)NC(Cc1ccccc1)C(=O)O. The van der Waals surface area contributed by atoms with Gasteiger partial charge in [-0.15, -0.1) is 0 Å². The number of carbonyl (C=O) groups excluding carboxylic acids is 3. The molecule has 0 aliphatic heterocycles. The van der Waals surface area contributed by atoms with Crippen LogP contribution in [0.1, 0.15) is 24.8 Å². The van der Waals surface area contributed by atoms with Crippen molar-refractivity contribution in [2.45, 2.75) is 49.9 Å². The minimum atomic E-state index is -1.34. The number of rotatable bonds is 17. The highest BCUT2D eigenvalue weighted by Gasteiger charge is 2.30. The number of carboxylic acid groups (broad SMARTS) is 2. The summed E-state index contributed by atoms with van der Waals surface area (Å²) in [5.41, 5.74) is 6.33. The zero-order valence-electron chi connectivity index (χ0n) is 20.3. The summed E-state index contributed by atoms with van der Waals surface area (Å²) in [6, 6.07) is 4.22. The Morgan fingerprint density at radius 3 is 1.72 bits per heavy atom. The van der Waals surface area contributed by atoms with Gasteiger partial charge in [0.1, 0.15) is 18.1 Å². The lowest BCUT2D eigenvalue weighted by Crippen LogP contribution is -2.57. The Balaban J connectivity index is 2.96. The number of nitrogens with two attached hydrogens (primary N) is 1. The Morgan fingerprint density at radius 1 is 0.806 bits per heavy atom. The quantitative estimate of drug-likeness (QED) is 0.157. The number of amides is 3. The minimum absolute atomic E-state index is 0.0684. The molecule has 0 saturated carbocycles. The first-order chi connectivity index (χ1) is 17.1. The fraction of sp³-hybridized carbons (Fsp3) is 0.522. The highest BCUT2D eigenvalue weighted by molar-refractivity contribution is 7.98. The number of hydrogen-bond donors (Lipinski definition) is 6. The average molecular weight is 543 g/mol. The standard InChI is InChI=1S/C23H34N4O7S2/c1-35-10-8-16(25-20(30)15(24)13-19(28)29)21(31)26-17(9-11-36-2)22(32)27-18(23(33)34)12-14-6-4-3-5-7-14/h3-7,15-18H,8-13,24H2,1-2H3,(H,25,30)(H,26,31)(H,27,32)(H,28,29)(H,33,34). The molecule has 0 aliphatic rings. The van der Waals surface area contributed by atoms with Crippen molar-refractivity contribution in [3.8, 4) is 0 Å². The number of thioether (sulfide) groups is 2. The molecule has 1 rings (SSSR count). The smallest absolute Gasteiger partial charge is 0.326 e. The maximum atomic E-state index is 13.0. The fourth-order valence-electron chi connectivity index (χ4n) is 3.16. The molecule has 0 radical (unpaired) electrons. The van der Waals surface area contributed by atoms with Gasteiger partial charge in [-0.2, -0.15) is 23.5 Å². The zero-order valence-corrected chi connectivity index (χ0v) is 21.9. The maximum absolute atomic E-state index is 13.0. The summed E-state index contributed by atoms with van der Waals surface area (Å²) in [7, 11) is 0. The highest BCUT2D eigenvalue weighted by atomic mass is 32.2. The van der Waals surface area contributed by atoms with Crippen molar-refractivity contribution < 1.29 is 34.2 Å². The summed E-state index contributed by atoms with van der Waals surface area (Å²) in [5.74, 6) is -3.53. The lowest BCUT2D eigenvalue weighted by Gasteiger charge is -2.25. The molecule has 36 heavy (non-hydrogen) atoms. The third-order valence-corrected chi connectivity index (χ3v) is 6.40. The van der Waals surface area contributed by atoms with Crippen LogP contribution in [0.15, 0.2) is 30.3 Å². The van der Waals surface area contributed by atoms with Crippen LogP contribution in [-0.4, -0.2) is 88.1 Å². The van der Waals surface area contributed by atoms with Gasteiger partial charge in [-0.25, -0.2) is 4.79 Å². The number of aliphatic carboxylic acids is 2. The van der Waals surface area contributed by atoms with Crippen LogP contribution in [-0.2, 0) is 30.4 Å². The molecule has 11 nitrogen and oxygen atoms in total. The average Bonchev–Trinajstić information content (AvgIpc) is 2.83. The second-order valence-electron chi connectivity index (χ2n) is 7.98. The van der Waals surface area contributed by atoms with Crippen molar-refractivity contribution in [3.63, 3.8) is 0 Å². The number of carboxylic acids is 2. The van der Waals surface area contributed by atoms with Crippen LogP contribution in [0.5, 0.6) is 0 Å². The van der Waals surface area contributed by atoms with E-state index in [1.807, 2.05) is 12.5 Å². The molecule has 0 aromatic heterocycles. The lowest BCUT2D eigenvalue weighted by atomic mass is 10.0. The second kappa shape index (κ2) is 16.8. The Kier molecular flexibility index (Phi) is 14.6. The monoisotopic (exact) mass is 542 g/mol. The van der Waals surface area contributed by atoms with Gasteiger partial charge in [0.15, 0.2) is 0 Å². The van der Waals surface area contributed by atoms with Crippen molar-refractivity contribution in [3.05, 3.63) is 35.9 Å². The molecule has 0 saturated heterocycles. The Bertz CT molecular complexity index is 888. The highest BCUT2D eigenvalue weighted by Crippen LogP contribution is 2.08. The molecule has 1 aromatic carbocycles. The van der Waals surface area contributed by atoms with E-state index in [9.17, 15) is 29.1 Å².